The van der Waals surface area contributed by atoms with E-state index in [4.69, 9.17) is 9.47 Å². The van der Waals surface area contributed by atoms with Gasteiger partial charge in [0.15, 0.2) is 0 Å². The topological polar surface area (TPSA) is 77.5 Å². The molecule has 0 unspecified atom stereocenters. The number of methoxy groups -OCH3 is 1. The largest absolute Gasteiger partial charge is 0.497 e. The van der Waals surface area contributed by atoms with E-state index in [0.717, 1.165) is 22.4 Å². The first-order valence-corrected chi connectivity index (χ1v) is 10.2. The third kappa shape index (κ3) is 6.04. The Labute approximate surface area is 187 Å². The molecule has 1 heterocycles. The highest BCUT2D eigenvalue weighted by Crippen LogP contribution is 2.24. The summed E-state index contributed by atoms with van der Waals surface area (Å²) in [5, 5.41) is 2.82. The van der Waals surface area contributed by atoms with Gasteiger partial charge in [0.25, 0.3) is 0 Å². The predicted molar refractivity (Wildman–Crippen MR) is 124 cm³/mol. The van der Waals surface area contributed by atoms with Gasteiger partial charge in [0, 0.05) is 24.2 Å². The van der Waals surface area contributed by atoms with Gasteiger partial charge in [-0.2, -0.15) is 0 Å². The summed E-state index contributed by atoms with van der Waals surface area (Å²) in [7, 11) is 1.60. The normalized spacial score (nSPS) is 11.2. The van der Waals surface area contributed by atoms with Crippen molar-refractivity contribution < 1.29 is 19.1 Å². The molecule has 3 aromatic rings. The van der Waals surface area contributed by atoms with Crippen LogP contribution in [0.5, 0.6) is 5.75 Å². The number of hydrogen-bond donors (Lipinski definition) is 1. The molecule has 0 saturated carbocycles. The highest BCUT2D eigenvalue weighted by molar-refractivity contribution is 6.02. The van der Waals surface area contributed by atoms with Crippen molar-refractivity contribution in [3.05, 3.63) is 95.8 Å². The fraction of sp³-hybridized carbons (Fsp3) is 0.192. The minimum absolute atomic E-state index is 0.103. The van der Waals surface area contributed by atoms with Gasteiger partial charge < -0.3 is 14.8 Å². The van der Waals surface area contributed by atoms with E-state index in [9.17, 15) is 9.59 Å². The third-order valence-corrected chi connectivity index (χ3v) is 4.98. The van der Waals surface area contributed by atoms with Gasteiger partial charge in [0.05, 0.1) is 12.5 Å². The molecule has 32 heavy (non-hydrogen) atoms. The Morgan fingerprint density at radius 2 is 1.88 bits per heavy atom. The highest BCUT2D eigenvalue weighted by atomic mass is 16.5. The maximum atomic E-state index is 12.6. The summed E-state index contributed by atoms with van der Waals surface area (Å²) >= 11 is 0. The van der Waals surface area contributed by atoms with Crippen LogP contribution in [-0.4, -0.2) is 24.0 Å². The standard InChI is InChI=1S/C26H26N2O4/c1-26(2,21-9-6-14-27-17-21)25(30)32-18-20-8-4-10-22(15-20)28-24(29)13-12-19-7-5-11-23(16-19)31-3/h4-17H,18H2,1-3H3,(H,28,29)/b13-12+. The molecule has 1 amide bonds. The predicted octanol–water partition coefficient (Wildman–Crippen LogP) is 4.76. The van der Waals surface area contributed by atoms with Crippen LogP contribution in [-0.2, 0) is 26.3 Å². The Balaban J connectivity index is 1.58. The number of ether oxygens (including phenoxy) is 2. The highest BCUT2D eigenvalue weighted by Gasteiger charge is 2.31. The number of nitrogens with one attached hydrogen (secondary N) is 1. The smallest absolute Gasteiger partial charge is 0.316 e. The van der Waals surface area contributed by atoms with E-state index in [-0.39, 0.29) is 18.5 Å². The minimum Gasteiger partial charge on any atom is -0.497 e. The molecule has 0 spiro atoms. The molecule has 6 heteroatoms. The van der Waals surface area contributed by atoms with Crippen LogP contribution in [0.4, 0.5) is 5.69 Å². The first-order chi connectivity index (χ1) is 15.4. The number of carbonyl (C=O) groups excluding carboxylic acids is 2. The maximum Gasteiger partial charge on any atom is 0.316 e. The molecular weight excluding hydrogens is 404 g/mol. The molecule has 2 aromatic carbocycles. The van der Waals surface area contributed by atoms with Crippen molar-refractivity contribution in [2.45, 2.75) is 25.9 Å². The summed E-state index contributed by atoms with van der Waals surface area (Å²) in [4.78, 5) is 29.0. The molecule has 0 fully saturated rings. The summed E-state index contributed by atoms with van der Waals surface area (Å²) in [6, 6.07) is 18.3. The van der Waals surface area contributed by atoms with Crippen LogP contribution in [0.15, 0.2) is 79.1 Å². The molecule has 0 atom stereocenters. The molecule has 1 N–H and O–H groups in total. The van der Waals surface area contributed by atoms with Crippen LogP contribution in [0.25, 0.3) is 6.08 Å². The fourth-order valence-corrected chi connectivity index (χ4v) is 3.02. The number of amides is 1. The van der Waals surface area contributed by atoms with E-state index in [1.54, 1.807) is 63.7 Å². The average Bonchev–Trinajstić information content (AvgIpc) is 2.82. The molecule has 0 aliphatic heterocycles. The second-order valence-corrected chi connectivity index (χ2v) is 7.74. The van der Waals surface area contributed by atoms with Crippen molar-refractivity contribution in [1.29, 1.82) is 0 Å². The van der Waals surface area contributed by atoms with Crippen molar-refractivity contribution in [3.8, 4) is 5.75 Å². The van der Waals surface area contributed by atoms with Gasteiger partial charge in [0.1, 0.15) is 12.4 Å². The number of rotatable bonds is 8. The van der Waals surface area contributed by atoms with E-state index >= 15 is 0 Å². The molecule has 0 aliphatic rings. The lowest BCUT2D eigenvalue weighted by Gasteiger charge is -2.22. The zero-order valence-electron chi connectivity index (χ0n) is 18.4. The van der Waals surface area contributed by atoms with Crippen molar-refractivity contribution in [3.63, 3.8) is 0 Å². The van der Waals surface area contributed by atoms with Crippen LogP contribution in [0, 0.1) is 0 Å². The number of hydrogen-bond acceptors (Lipinski definition) is 5. The van der Waals surface area contributed by atoms with Gasteiger partial charge in [0.2, 0.25) is 5.91 Å². The Morgan fingerprint density at radius 3 is 2.62 bits per heavy atom. The van der Waals surface area contributed by atoms with Gasteiger partial charge in [-0.1, -0.05) is 30.3 Å². The van der Waals surface area contributed by atoms with Crippen molar-refractivity contribution in [1.82, 2.24) is 4.98 Å². The lowest BCUT2D eigenvalue weighted by molar-refractivity contribution is -0.150. The molecule has 1 aromatic heterocycles. The molecule has 0 radical (unpaired) electrons. The quantitative estimate of drug-likeness (QED) is 0.412. The van der Waals surface area contributed by atoms with Gasteiger partial charge in [-0.15, -0.1) is 0 Å². The number of anilines is 1. The second kappa shape index (κ2) is 10.4. The van der Waals surface area contributed by atoms with Gasteiger partial charge in [-0.3, -0.25) is 14.6 Å². The molecule has 0 bridgehead atoms. The number of nitrogens with zero attached hydrogens (tertiary/aromatic N) is 1. The van der Waals surface area contributed by atoms with Crippen LogP contribution in [0.3, 0.4) is 0 Å². The first-order valence-electron chi connectivity index (χ1n) is 10.2. The van der Waals surface area contributed by atoms with E-state index in [2.05, 4.69) is 10.3 Å². The summed E-state index contributed by atoms with van der Waals surface area (Å²) in [6.45, 7) is 3.71. The number of benzene rings is 2. The van der Waals surface area contributed by atoms with Crippen molar-refractivity contribution >= 4 is 23.6 Å². The third-order valence-electron chi connectivity index (χ3n) is 4.98. The summed E-state index contributed by atoms with van der Waals surface area (Å²) in [6.07, 6.45) is 6.49. The molecule has 3 rings (SSSR count). The van der Waals surface area contributed by atoms with Crippen LogP contribution < -0.4 is 10.1 Å². The molecular formula is C26H26N2O4. The van der Waals surface area contributed by atoms with Gasteiger partial charge >= 0.3 is 5.97 Å². The van der Waals surface area contributed by atoms with Crippen LogP contribution in [0.2, 0.25) is 0 Å². The SMILES string of the molecule is COc1cccc(/C=C/C(=O)Nc2cccc(COC(=O)C(C)(C)c3cccnc3)c2)c1. The molecule has 6 nitrogen and oxygen atoms in total. The van der Waals surface area contributed by atoms with E-state index in [1.165, 1.54) is 6.08 Å². The number of aromatic nitrogens is 1. The summed E-state index contributed by atoms with van der Waals surface area (Å²) in [5.74, 6) is 0.113. The monoisotopic (exact) mass is 430 g/mol. The Hall–Kier alpha value is -3.93. The Kier molecular flexibility index (Phi) is 7.39. The fourth-order valence-electron chi connectivity index (χ4n) is 3.02. The number of pyridine rings is 1. The summed E-state index contributed by atoms with van der Waals surface area (Å²) in [5.41, 5.74) is 2.22. The van der Waals surface area contributed by atoms with E-state index in [1.807, 2.05) is 36.4 Å². The maximum absolute atomic E-state index is 12.6. The van der Waals surface area contributed by atoms with Crippen molar-refractivity contribution in [2.75, 3.05) is 12.4 Å². The number of esters is 1. The van der Waals surface area contributed by atoms with Gasteiger partial charge in [-0.05, 0) is 66.9 Å². The molecule has 0 aliphatic carbocycles. The van der Waals surface area contributed by atoms with E-state index < -0.39 is 5.41 Å². The zero-order valence-corrected chi connectivity index (χ0v) is 18.4. The minimum atomic E-state index is -0.814. The Bertz CT molecular complexity index is 1110. The van der Waals surface area contributed by atoms with Crippen LogP contribution >= 0.6 is 0 Å². The lowest BCUT2D eigenvalue weighted by Crippen LogP contribution is -2.31. The molecule has 0 saturated heterocycles. The first kappa shape index (κ1) is 22.7. The number of carbonyl (C=O) groups is 2. The van der Waals surface area contributed by atoms with E-state index in [0.29, 0.717) is 5.69 Å². The molecule has 164 valence electrons. The second-order valence-electron chi connectivity index (χ2n) is 7.74. The van der Waals surface area contributed by atoms with Gasteiger partial charge in [-0.25, -0.2) is 0 Å². The Morgan fingerprint density at radius 1 is 1.06 bits per heavy atom. The lowest BCUT2D eigenvalue weighted by atomic mass is 9.86. The van der Waals surface area contributed by atoms with Crippen molar-refractivity contribution in [2.24, 2.45) is 0 Å². The average molecular weight is 431 g/mol. The summed E-state index contributed by atoms with van der Waals surface area (Å²) < 4.78 is 10.7. The zero-order chi connectivity index (χ0) is 23.0. The van der Waals surface area contributed by atoms with Crippen LogP contribution in [0.1, 0.15) is 30.5 Å².